The Labute approximate surface area is 195 Å². The molecule has 33 heavy (non-hydrogen) atoms. The molecule has 4 unspecified atom stereocenters. The van der Waals surface area contributed by atoms with E-state index in [-0.39, 0.29) is 28.8 Å². The van der Waals surface area contributed by atoms with Gasteiger partial charge in [-0.2, -0.15) is 0 Å². The van der Waals surface area contributed by atoms with E-state index in [2.05, 4.69) is 22.2 Å². The number of hydrogen-bond acceptors (Lipinski definition) is 6. The van der Waals surface area contributed by atoms with Gasteiger partial charge in [0.05, 0.1) is 18.0 Å². The first-order chi connectivity index (χ1) is 15.7. The van der Waals surface area contributed by atoms with Gasteiger partial charge in [0.2, 0.25) is 10.0 Å². The summed E-state index contributed by atoms with van der Waals surface area (Å²) in [6.07, 6.45) is 5.92. The number of benzene rings is 2. The van der Waals surface area contributed by atoms with Crippen LogP contribution in [0.2, 0.25) is 0 Å². The van der Waals surface area contributed by atoms with Crippen molar-refractivity contribution in [3.63, 3.8) is 0 Å². The Morgan fingerprint density at radius 3 is 2.70 bits per heavy atom. The van der Waals surface area contributed by atoms with Crippen LogP contribution in [-0.2, 0) is 14.8 Å². The average molecular weight is 471 g/mol. The zero-order valence-electron chi connectivity index (χ0n) is 19.3. The molecule has 4 rings (SSSR count). The first-order valence-electron chi connectivity index (χ1n) is 11.2. The number of anilines is 1. The normalized spacial score (nSPS) is 22.1. The van der Waals surface area contributed by atoms with Crippen LogP contribution >= 0.6 is 0 Å². The smallest absolute Gasteiger partial charge is 0.308 e. The van der Waals surface area contributed by atoms with Crippen molar-refractivity contribution < 1.29 is 22.7 Å². The second-order valence-corrected chi connectivity index (χ2v) is 10.4. The predicted molar refractivity (Wildman–Crippen MR) is 127 cm³/mol. The Morgan fingerprint density at radius 1 is 1.21 bits per heavy atom. The molecule has 2 aromatic rings. The van der Waals surface area contributed by atoms with Crippen molar-refractivity contribution in [3.05, 3.63) is 59.7 Å². The highest BCUT2D eigenvalue weighted by atomic mass is 32.2. The van der Waals surface area contributed by atoms with Gasteiger partial charge in [0.1, 0.15) is 0 Å². The highest BCUT2D eigenvalue weighted by Gasteiger charge is 2.38. The minimum atomic E-state index is -3.58. The molecule has 1 heterocycles. The average Bonchev–Trinajstić information content (AvgIpc) is 3.28. The van der Waals surface area contributed by atoms with Crippen LogP contribution in [0.25, 0.3) is 0 Å². The Morgan fingerprint density at radius 2 is 2.00 bits per heavy atom. The molecule has 2 aromatic carbocycles. The number of sulfonamides is 1. The van der Waals surface area contributed by atoms with Gasteiger partial charge in [0.15, 0.2) is 11.5 Å². The van der Waals surface area contributed by atoms with Gasteiger partial charge in [-0.05, 0) is 67.1 Å². The first-order valence-corrected chi connectivity index (χ1v) is 12.7. The van der Waals surface area contributed by atoms with E-state index in [1.54, 1.807) is 25.3 Å². The molecule has 0 saturated carbocycles. The summed E-state index contributed by atoms with van der Waals surface area (Å²) in [5.41, 5.74) is 2.92. The molecule has 0 saturated heterocycles. The molecule has 0 bridgehead atoms. The van der Waals surface area contributed by atoms with Gasteiger partial charge in [-0.15, -0.1) is 0 Å². The Kier molecular flexibility index (Phi) is 6.50. The topological polar surface area (TPSA) is 93.7 Å². The Bertz CT molecular complexity index is 1190. The second kappa shape index (κ2) is 9.19. The Hall–Kier alpha value is -2.84. The number of ether oxygens (including phenoxy) is 2. The minimum absolute atomic E-state index is 0.00141. The summed E-state index contributed by atoms with van der Waals surface area (Å²) in [5.74, 6) is 0.802. The van der Waals surface area contributed by atoms with Crippen LogP contribution in [0.1, 0.15) is 56.7 Å². The van der Waals surface area contributed by atoms with E-state index in [1.807, 2.05) is 32.0 Å². The monoisotopic (exact) mass is 470 g/mol. The number of esters is 1. The van der Waals surface area contributed by atoms with Gasteiger partial charge in [0.25, 0.3) is 0 Å². The van der Waals surface area contributed by atoms with E-state index < -0.39 is 16.0 Å². The van der Waals surface area contributed by atoms with Crippen molar-refractivity contribution in [2.45, 2.75) is 56.5 Å². The van der Waals surface area contributed by atoms with Gasteiger partial charge in [-0.1, -0.05) is 25.1 Å². The van der Waals surface area contributed by atoms with Crippen LogP contribution in [0.15, 0.2) is 53.4 Å². The number of nitrogens with one attached hydrogen (secondary N) is 2. The zero-order chi connectivity index (χ0) is 23.8. The highest BCUT2D eigenvalue weighted by Crippen LogP contribution is 2.50. The molecule has 0 amide bonds. The van der Waals surface area contributed by atoms with Crippen molar-refractivity contribution in [3.8, 4) is 11.5 Å². The van der Waals surface area contributed by atoms with Crippen LogP contribution in [0.3, 0.4) is 0 Å². The molecular weight excluding hydrogens is 440 g/mol. The maximum Gasteiger partial charge on any atom is 0.308 e. The van der Waals surface area contributed by atoms with Crippen molar-refractivity contribution in [2.75, 3.05) is 12.4 Å². The van der Waals surface area contributed by atoms with Crippen molar-refractivity contribution in [1.82, 2.24) is 4.72 Å². The summed E-state index contributed by atoms with van der Waals surface area (Å²) in [4.78, 5) is 11.7. The lowest BCUT2D eigenvalue weighted by Crippen LogP contribution is -2.33. The van der Waals surface area contributed by atoms with Gasteiger partial charge >= 0.3 is 5.97 Å². The van der Waals surface area contributed by atoms with Gasteiger partial charge in [-0.3, -0.25) is 4.79 Å². The van der Waals surface area contributed by atoms with Crippen LogP contribution in [0.5, 0.6) is 11.5 Å². The number of hydrogen-bond donors (Lipinski definition) is 2. The molecule has 176 valence electrons. The largest absolute Gasteiger partial charge is 0.493 e. The summed E-state index contributed by atoms with van der Waals surface area (Å²) in [6.45, 7) is 5.17. The highest BCUT2D eigenvalue weighted by molar-refractivity contribution is 7.89. The summed E-state index contributed by atoms with van der Waals surface area (Å²) < 4.78 is 39.1. The first kappa shape index (κ1) is 23.3. The zero-order valence-corrected chi connectivity index (χ0v) is 20.1. The van der Waals surface area contributed by atoms with E-state index in [4.69, 9.17) is 9.47 Å². The second-order valence-electron chi connectivity index (χ2n) is 8.66. The molecule has 0 aromatic heterocycles. The van der Waals surface area contributed by atoms with Crippen LogP contribution in [-0.4, -0.2) is 27.5 Å². The quantitative estimate of drug-likeness (QED) is 0.351. The molecule has 7 nitrogen and oxygen atoms in total. The van der Waals surface area contributed by atoms with Crippen molar-refractivity contribution in [2.24, 2.45) is 5.92 Å². The summed E-state index contributed by atoms with van der Waals surface area (Å²) in [6, 6.07) is 10.7. The van der Waals surface area contributed by atoms with Crippen LogP contribution in [0.4, 0.5) is 5.69 Å². The maximum absolute atomic E-state index is 12.8. The lowest BCUT2D eigenvalue weighted by atomic mass is 9.77. The fourth-order valence-electron chi connectivity index (χ4n) is 4.60. The number of carbonyl (C=O) groups excluding carboxylic acids is 1. The lowest BCUT2D eigenvalue weighted by molar-refractivity contribution is -0.132. The van der Waals surface area contributed by atoms with Gasteiger partial charge in [-0.25, -0.2) is 13.1 Å². The number of rotatable bonds is 7. The molecule has 0 fully saturated rings. The number of fused-ring (bicyclic) bond motifs is 3. The van der Waals surface area contributed by atoms with Crippen molar-refractivity contribution >= 4 is 21.7 Å². The third kappa shape index (κ3) is 4.63. The third-order valence-corrected chi connectivity index (χ3v) is 8.00. The Balaban J connectivity index is 1.68. The summed E-state index contributed by atoms with van der Waals surface area (Å²) in [7, 11) is -2.04. The molecule has 1 aliphatic heterocycles. The molecular formula is C25H30N2O5S. The SMILES string of the molecule is CCC(C)NS(=O)(=O)c1ccc2c(c1)C1C=CCC1C(c1ccc(OC(C)=O)c(OC)c1)N2. The van der Waals surface area contributed by atoms with E-state index in [9.17, 15) is 13.2 Å². The van der Waals surface area contributed by atoms with E-state index >= 15 is 0 Å². The summed E-state index contributed by atoms with van der Waals surface area (Å²) >= 11 is 0. The van der Waals surface area contributed by atoms with Gasteiger partial charge < -0.3 is 14.8 Å². The minimum Gasteiger partial charge on any atom is -0.493 e. The molecule has 4 atom stereocenters. The lowest BCUT2D eigenvalue weighted by Gasteiger charge is -2.38. The van der Waals surface area contributed by atoms with Crippen LogP contribution in [0, 0.1) is 5.92 Å². The fourth-order valence-corrected chi connectivity index (χ4v) is 5.96. The number of allylic oxidation sites excluding steroid dienone is 2. The van der Waals surface area contributed by atoms with E-state index in [0.29, 0.717) is 11.5 Å². The molecule has 8 heteroatoms. The molecule has 0 radical (unpaired) electrons. The maximum atomic E-state index is 12.8. The van der Waals surface area contributed by atoms with E-state index in [0.717, 1.165) is 29.7 Å². The van der Waals surface area contributed by atoms with Crippen LogP contribution < -0.4 is 19.5 Å². The molecule has 2 N–H and O–H groups in total. The molecule has 2 aliphatic rings. The van der Waals surface area contributed by atoms with E-state index in [1.165, 1.54) is 6.92 Å². The van der Waals surface area contributed by atoms with Crippen molar-refractivity contribution in [1.29, 1.82) is 0 Å². The standard InChI is InChI=1S/C25H30N2O5S/c1-5-15(2)27-33(29,30)18-10-11-22-21(14-18)19-7-6-8-20(19)25(26-22)17-9-12-23(32-16(3)28)24(13-17)31-4/h6-7,9-15,19-20,25-27H,5,8H2,1-4H3. The fraction of sp³-hybridized carbons (Fsp3) is 0.400. The number of methoxy groups -OCH3 is 1. The molecule has 1 aliphatic carbocycles. The number of carbonyl (C=O) groups is 1. The predicted octanol–water partition coefficient (Wildman–Crippen LogP) is 4.52. The third-order valence-electron chi connectivity index (χ3n) is 6.41. The van der Waals surface area contributed by atoms with Gasteiger partial charge in [0, 0.05) is 24.6 Å². The molecule has 0 spiro atoms. The summed E-state index contributed by atoms with van der Waals surface area (Å²) in [5, 5.41) is 3.61.